The Bertz CT molecular complexity index is 1310. The topological polar surface area (TPSA) is 75.9 Å². The molecule has 30 heavy (non-hydrogen) atoms. The molecule has 0 atom stereocenters. The first kappa shape index (κ1) is 18.2. The van der Waals surface area contributed by atoms with Crippen LogP contribution in [0.4, 0.5) is 0 Å². The van der Waals surface area contributed by atoms with Crippen LogP contribution in [0, 0.1) is 13.8 Å². The molecule has 7 nitrogen and oxygen atoms in total. The van der Waals surface area contributed by atoms with Gasteiger partial charge in [-0.2, -0.15) is 5.10 Å². The van der Waals surface area contributed by atoms with Crippen LogP contribution in [0.5, 0.6) is 0 Å². The van der Waals surface area contributed by atoms with Gasteiger partial charge in [-0.05, 0) is 49.7 Å². The number of benzene rings is 1. The lowest BCUT2D eigenvalue weighted by molar-refractivity contribution is 0.0747. The zero-order valence-electron chi connectivity index (χ0n) is 16.8. The van der Waals surface area contributed by atoms with Crippen LogP contribution >= 0.6 is 0 Å². The van der Waals surface area contributed by atoms with Crippen molar-refractivity contribution in [2.45, 2.75) is 26.9 Å². The molecule has 0 spiro atoms. The molecule has 0 radical (unpaired) electrons. The van der Waals surface area contributed by atoms with Gasteiger partial charge in [0.2, 0.25) is 0 Å². The van der Waals surface area contributed by atoms with E-state index in [1.54, 1.807) is 17.0 Å². The summed E-state index contributed by atoms with van der Waals surface area (Å²) in [6, 6.07) is 13.4. The third-order valence-corrected chi connectivity index (χ3v) is 5.49. The van der Waals surface area contributed by atoms with E-state index >= 15 is 0 Å². The van der Waals surface area contributed by atoms with E-state index in [1.807, 2.05) is 33.8 Å². The van der Waals surface area contributed by atoms with E-state index in [-0.39, 0.29) is 17.0 Å². The second-order valence-corrected chi connectivity index (χ2v) is 7.62. The third kappa shape index (κ3) is 2.86. The first-order valence-electron chi connectivity index (χ1n) is 9.81. The minimum Gasteiger partial charge on any atom is -0.328 e. The third-order valence-electron chi connectivity index (χ3n) is 5.49. The second kappa shape index (κ2) is 6.88. The molecule has 1 amide bonds. The first-order valence-corrected chi connectivity index (χ1v) is 9.81. The number of aryl methyl sites for hydroxylation is 2. The lowest BCUT2D eigenvalue weighted by atomic mass is 10.1. The minimum absolute atomic E-state index is 0.146. The van der Waals surface area contributed by atoms with E-state index in [9.17, 15) is 9.59 Å². The Morgan fingerprint density at radius 3 is 2.60 bits per heavy atom. The Morgan fingerprint density at radius 2 is 1.87 bits per heavy atom. The van der Waals surface area contributed by atoms with E-state index in [0.717, 1.165) is 28.3 Å². The van der Waals surface area contributed by atoms with Crippen molar-refractivity contribution in [3.05, 3.63) is 99.4 Å². The summed E-state index contributed by atoms with van der Waals surface area (Å²) in [5.74, 6) is 0.630. The number of aromatic nitrogens is 4. The number of nitrogens with one attached hydrogen (secondary N) is 1. The van der Waals surface area contributed by atoms with Gasteiger partial charge in [-0.25, -0.2) is 4.68 Å². The predicted molar refractivity (Wildman–Crippen MR) is 113 cm³/mol. The van der Waals surface area contributed by atoms with Gasteiger partial charge in [0.05, 0.1) is 24.5 Å². The van der Waals surface area contributed by atoms with Crippen LogP contribution in [0.3, 0.4) is 0 Å². The molecule has 5 rings (SSSR count). The van der Waals surface area contributed by atoms with Gasteiger partial charge in [-0.1, -0.05) is 17.7 Å². The molecule has 150 valence electrons. The van der Waals surface area contributed by atoms with E-state index in [0.29, 0.717) is 13.1 Å². The highest BCUT2D eigenvalue weighted by Crippen LogP contribution is 2.32. The van der Waals surface area contributed by atoms with Crippen LogP contribution < -0.4 is 5.56 Å². The standard InChI is InChI=1S/C23H21N5O2/c1-15-7-8-20(16(2)12-15)28-22(26-10-3-4-11-26)18-13-27(14-19(18)25-28)23(30)17-6-5-9-24-21(17)29/h3-12H,13-14H2,1-2H3,(H,24,29). The molecule has 1 N–H and O–H groups in total. The number of pyridine rings is 1. The molecule has 0 fully saturated rings. The van der Waals surface area contributed by atoms with Crippen LogP contribution in [0.2, 0.25) is 0 Å². The quantitative estimate of drug-likeness (QED) is 0.575. The molecule has 0 unspecified atom stereocenters. The number of hydrogen-bond donors (Lipinski definition) is 1. The van der Waals surface area contributed by atoms with Crippen molar-refractivity contribution in [1.82, 2.24) is 24.2 Å². The molecule has 1 aromatic carbocycles. The van der Waals surface area contributed by atoms with Gasteiger partial charge >= 0.3 is 0 Å². The van der Waals surface area contributed by atoms with Gasteiger partial charge in [-0.15, -0.1) is 0 Å². The molecule has 0 aliphatic carbocycles. The molecule has 1 aliphatic rings. The van der Waals surface area contributed by atoms with Gasteiger partial charge in [0.25, 0.3) is 11.5 Å². The summed E-state index contributed by atoms with van der Waals surface area (Å²) in [6.07, 6.45) is 5.48. The summed E-state index contributed by atoms with van der Waals surface area (Å²) in [5, 5.41) is 4.87. The number of hydrogen-bond acceptors (Lipinski definition) is 3. The Balaban J connectivity index is 1.58. The molecule has 0 bridgehead atoms. The number of rotatable bonds is 3. The number of nitrogens with zero attached hydrogens (tertiary/aromatic N) is 4. The van der Waals surface area contributed by atoms with Gasteiger partial charge in [0.15, 0.2) is 0 Å². The van der Waals surface area contributed by atoms with Gasteiger partial charge in [0.1, 0.15) is 11.4 Å². The monoisotopic (exact) mass is 399 g/mol. The zero-order valence-corrected chi connectivity index (χ0v) is 16.8. The van der Waals surface area contributed by atoms with Crippen LogP contribution in [0.25, 0.3) is 11.5 Å². The molecule has 3 aromatic heterocycles. The number of carbonyl (C=O) groups excluding carboxylic acids is 1. The van der Waals surface area contributed by atoms with Crippen LogP contribution in [0.1, 0.15) is 32.7 Å². The Morgan fingerprint density at radius 1 is 1.07 bits per heavy atom. The number of fused-ring (bicyclic) bond motifs is 1. The van der Waals surface area contributed by atoms with E-state index in [2.05, 4.69) is 37.0 Å². The van der Waals surface area contributed by atoms with Crippen molar-refractivity contribution < 1.29 is 4.79 Å². The Labute approximate surface area is 173 Å². The summed E-state index contributed by atoms with van der Waals surface area (Å²) in [6.45, 7) is 4.92. The summed E-state index contributed by atoms with van der Waals surface area (Å²) >= 11 is 0. The molecule has 1 aliphatic heterocycles. The number of H-pyrrole nitrogens is 1. The molecule has 4 aromatic rings. The average Bonchev–Trinajstić information content (AvgIpc) is 3.43. The average molecular weight is 399 g/mol. The molecular formula is C23H21N5O2. The number of carbonyl (C=O) groups is 1. The second-order valence-electron chi connectivity index (χ2n) is 7.62. The summed E-state index contributed by atoms with van der Waals surface area (Å²) < 4.78 is 3.98. The fourth-order valence-electron chi connectivity index (χ4n) is 4.06. The predicted octanol–water partition coefficient (Wildman–Crippen LogP) is 3.12. The SMILES string of the molecule is Cc1ccc(-n2nc3c(c2-n2cccc2)CN(C(=O)c2ccc[nH]c2=O)C3)c(C)c1. The van der Waals surface area contributed by atoms with Crippen molar-refractivity contribution in [3.8, 4) is 11.5 Å². The lowest BCUT2D eigenvalue weighted by Crippen LogP contribution is -2.31. The lowest BCUT2D eigenvalue weighted by Gasteiger charge is -2.18. The maximum Gasteiger partial charge on any atom is 0.260 e. The van der Waals surface area contributed by atoms with Crippen LogP contribution in [0.15, 0.2) is 65.8 Å². The van der Waals surface area contributed by atoms with Crippen molar-refractivity contribution >= 4 is 5.91 Å². The normalized spacial score (nSPS) is 12.9. The van der Waals surface area contributed by atoms with Gasteiger partial charge in [-0.3, -0.25) is 9.59 Å². The molecule has 0 saturated heterocycles. The number of amides is 1. The Kier molecular flexibility index (Phi) is 4.17. The summed E-state index contributed by atoms with van der Waals surface area (Å²) in [7, 11) is 0. The fourth-order valence-corrected chi connectivity index (χ4v) is 4.06. The maximum absolute atomic E-state index is 12.9. The summed E-state index contributed by atoms with van der Waals surface area (Å²) in [5.41, 5.74) is 4.95. The highest BCUT2D eigenvalue weighted by Gasteiger charge is 2.32. The van der Waals surface area contributed by atoms with Crippen molar-refractivity contribution in [3.63, 3.8) is 0 Å². The molecule has 7 heteroatoms. The summed E-state index contributed by atoms with van der Waals surface area (Å²) in [4.78, 5) is 29.2. The van der Waals surface area contributed by atoms with E-state index in [4.69, 9.17) is 5.10 Å². The number of aromatic amines is 1. The molecule has 4 heterocycles. The first-order chi connectivity index (χ1) is 14.5. The molecular weight excluding hydrogens is 378 g/mol. The van der Waals surface area contributed by atoms with Gasteiger partial charge < -0.3 is 14.5 Å². The largest absolute Gasteiger partial charge is 0.328 e. The molecule has 0 saturated carbocycles. The highest BCUT2D eigenvalue weighted by atomic mass is 16.2. The fraction of sp³-hybridized carbons (Fsp3) is 0.174. The van der Waals surface area contributed by atoms with Crippen LogP contribution in [-0.2, 0) is 13.1 Å². The van der Waals surface area contributed by atoms with E-state index in [1.165, 1.54) is 11.8 Å². The highest BCUT2D eigenvalue weighted by molar-refractivity contribution is 5.94. The minimum atomic E-state index is -0.377. The van der Waals surface area contributed by atoms with Gasteiger partial charge in [0, 0.05) is 24.2 Å². The smallest absolute Gasteiger partial charge is 0.260 e. The van der Waals surface area contributed by atoms with Crippen molar-refractivity contribution in [2.75, 3.05) is 0 Å². The van der Waals surface area contributed by atoms with Crippen LogP contribution in [-0.4, -0.2) is 30.1 Å². The Hall–Kier alpha value is -3.87. The maximum atomic E-state index is 12.9. The van der Waals surface area contributed by atoms with Crippen molar-refractivity contribution in [1.29, 1.82) is 0 Å². The zero-order chi connectivity index (χ0) is 20.8. The van der Waals surface area contributed by atoms with Crippen molar-refractivity contribution in [2.24, 2.45) is 0 Å². The van der Waals surface area contributed by atoms with E-state index < -0.39 is 0 Å².